The molecule has 1 aromatic carbocycles. The lowest BCUT2D eigenvalue weighted by molar-refractivity contribution is -0.119. The lowest BCUT2D eigenvalue weighted by atomic mass is 9.99. The fourth-order valence-corrected chi connectivity index (χ4v) is 4.71. The number of fused-ring (bicyclic) bond motifs is 1. The van der Waals surface area contributed by atoms with Gasteiger partial charge in [0, 0.05) is 11.4 Å². The van der Waals surface area contributed by atoms with E-state index in [4.69, 9.17) is 11.6 Å². The van der Waals surface area contributed by atoms with Gasteiger partial charge in [-0.2, -0.15) is 0 Å². The van der Waals surface area contributed by atoms with E-state index in [0.717, 1.165) is 40.2 Å². The van der Waals surface area contributed by atoms with Gasteiger partial charge in [-0.15, -0.1) is 11.3 Å². The van der Waals surface area contributed by atoms with Crippen LogP contribution in [0, 0.1) is 0 Å². The van der Waals surface area contributed by atoms with Crippen molar-refractivity contribution in [2.24, 2.45) is 0 Å². The fraction of sp³-hybridized carbons (Fsp3) is 0.385. The first kappa shape index (κ1) is 12.5. The van der Waals surface area contributed by atoms with Crippen molar-refractivity contribution in [2.45, 2.75) is 35.3 Å². The largest absolute Gasteiger partial charge is 0.298 e. The molecule has 0 saturated heterocycles. The van der Waals surface area contributed by atoms with Crippen LogP contribution in [-0.4, -0.2) is 16.0 Å². The molecule has 1 heterocycles. The smallest absolute Gasteiger partial charge is 0.151 e. The highest BCUT2D eigenvalue weighted by Gasteiger charge is 2.24. The van der Waals surface area contributed by atoms with Crippen LogP contribution in [-0.2, 0) is 4.79 Å². The second-order valence-electron chi connectivity index (χ2n) is 4.41. The molecule has 1 fully saturated rings. The molecular weight excluding hydrogens is 286 g/mol. The second kappa shape index (κ2) is 5.19. The van der Waals surface area contributed by atoms with Gasteiger partial charge in [-0.1, -0.05) is 29.8 Å². The molecule has 0 radical (unpaired) electrons. The first-order chi connectivity index (χ1) is 8.72. The number of benzene rings is 1. The van der Waals surface area contributed by atoms with Gasteiger partial charge in [0.25, 0.3) is 0 Å². The Labute approximate surface area is 119 Å². The van der Waals surface area contributed by atoms with E-state index < -0.39 is 0 Å². The number of carbonyl (C=O) groups is 1. The van der Waals surface area contributed by atoms with Crippen molar-refractivity contribution in [3.05, 3.63) is 23.2 Å². The summed E-state index contributed by atoms with van der Waals surface area (Å²) in [7, 11) is 0. The highest BCUT2D eigenvalue weighted by molar-refractivity contribution is 8.02. The van der Waals surface area contributed by atoms with Gasteiger partial charge in [0.2, 0.25) is 0 Å². The minimum atomic E-state index is 0.106. The predicted octanol–water partition coefficient (Wildman–Crippen LogP) is 4.55. The molecule has 0 amide bonds. The third kappa shape index (κ3) is 2.56. The van der Waals surface area contributed by atoms with Gasteiger partial charge in [-0.05, 0) is 31.0 Å². The Kier molecular flexibility index (Phi) is 3.59. The standard InChI is InChI=1S/C13H12ClNOS2/c14-8-5-6-11-9(7-8)15-13(17-11)18-12-4-2-1-3-10(12)16/h5-7,12H,1-4H2/t12-/m0/s1. The normalized spacial score (nSPS) is 20.5. The number of carbonyl (C=O) groups excluding carboxylic acids is 1. The molecule has 0 spiro atoms. The Balaban J connectivity index is 1.84. The van der Waals surface area contributed by atoms with E-state index in [-0.39, 0.29) is 5.25 Å². The Morgan fingerprint density at radius 3 is 3.11 bits per heavy atom. The molecule has 3 rings (SSSR count). The number of thioether (sulfide) groups is 1. The average Bonchev–Trinajstić information content (AvgIpc) is 2.73. The molecule has 5 heteroatoms. The van der Waals surface area contributed by atoms with E-state index >= 15 is 0 Å². The van der Waals surface area contributed by atoms with Crippen LogP contribution < -0.4 is 0 Å². The van der Waals surface area contributed by atoms with Crippen molar-refractivity contribution in [3.8, 4) is 0 Å². The third-order valence-electron chi connectivity index (χ3n) is 3.07. The van der Waals surface area contributed by atoms with E-state index in [0.29, 0.717) is 10.8 Å². The zero-order valence-electron chi connectivity index (χ0n) is 9.69. The summed E-state index contributed by atoms with van der Waals surface area (Å²) >= 11 is 9.21. The molecule has 0 unspecified atom stereocenters. The van der Waals surface area contributed by atoms with Crippen molar-refractivity contribution in [3.63, 3.8) is 0 Å². The van der Waals surface area contributed by atoms with Crippen LogP contribution in [0.2, 0.25) is 5.02 Å². The third-order valence-corrected chi connectivity index (χ3v) is 5.75. The molecule has 2 nitrogen and oxygen atoms in total. The summed E-state index contributed by atoms with van der Waals surface area (Å²) in [4.78, 5) is 16.3. The molecular formula is C13H12ClNOS2. The summed E-state index contributed by atoms with van der Waals surface area (Å²) < 4.78 is 2.11. The van der Waals surface area contributed by atoms with Crippen LogP contribution in [0.15, 0.2) is 22.5 Å². The molecule has 1 aliphatic rings. The maximum Gasteiger partial charge on any atom is 0.151 e. The Bertz CT molecular complexity index is 596. The Morgan fingerprint density at radius 2 is 2.28 bits per heavy atom. The number of nitrogens with zero attached hydrogens (tertiary/aromatic N) is 1. The monoisotopic (exact) mass is 297 g/mol. The molecule has 0 N–H and O–H groups in total. The van der Waals surface area contributed by atoms with Crippen LogP contribution in [0.3, 0.4) is 0 Å². The van der Waals surface area contributed by atoms with Gasteiger partial charge >= 0.3 is 0 Å². The number of aromatic nitrogens is 1. The lowest BCUT2D eigenvalue weighted by Gasteiger charge is -2.18. The number of rotatable bonds is 2. The van der Waals surface area contributed by atoms with Crippen molar-refractivity contribution in [1.82, 2.24) is 4.98 Å². The Hall–Kier alpha value is -0.580. The van der Waals surface area contributed by atoms with Crippen molar-refractivity contribution in [1.29, 1.82) is 0 Å². The predicted molar refractivity (Wildman–Crippen MR) is 77.8 cm³/mol. The SMILES string of the molecule is O=C1CCCC[C@@H]1Sc1nc2cc(Cl)ccc2s1. The molecule has 1 aromatic heterocycles. The van der Waals surface area contributed by atoms with Crippen LogP contribution in [0.25, 0.3) is 10.2 Å². The maximum absolute atomic E-state index is 11.8. The van der Waals surface area contributed by atoms with Gasteiger partial charge < -0.3 is 0 Å². The van der Waals surface area contributed by atoms with Crippen molar-refractivity contribution >= 4 is 50.7 Å². The van der Waals surface area contributed by atoms with E-state index in [1.54, 1.807) is 23.1 Å². The topological polar surface area (TPSA) is 30.0 Å². The molecule has 0 aliphatic heterocycles. The van der Waals surface area contributed by atoms with Crippen LogP contribution in [0.1, 0.15) is 25.7 Å². The molecule has 94 valence electrons. The van der Waals surface area contributed by atoms with E-state index in [1.165, 1.54) is 0 Å². The number of hydrogen-bond donors (Lipinski definition) is 0. The Morgan fingerprint density at radius 1 is 1.39 bits per heavy atom. The number of thiazole rings is 1. The summed E-state index contributed by atoms with van der Waals surface area (Å²) in [6.45, 7) is 0. The minimum absolute atomic E-state index is 0.106. The number of hydrogen-bond acceptors (Lipinski definition) is 4. The van der Waals surface area contributed by atoms with Crippen molar-refractivity contribution in [2.75, 3.05) is 0 Å². The number of ketones is 1. The van der Waals surface area contributed by atoms with Gasteiger partial charge in [-0.25, -0.2) is 4.98 Å². The highest BCUT2D eigenvalue weighted by Crippen LogP contribution is 2.36. The fourth-order valence-electron chi connectivity index (χ4n) is 2.13. The molecule has 1 atom stereocenters. The van der Waals surface area contributed by atoms with Gasteiger partial charge in [0.1, 0.15) is 5.78 Å². The van der Waals surface area contributed by atoms with Crippen LogP contribution in [0.4, 0.5) is 0 Å². The zero-order valence-corrected chi connectivity index (χ0v) is 12.1. The first-order valence-corrected chi connectivity index (χ1v) is 8.05. The molecule has 1 aliphatic carbocycles. The highest BCUT2D eigenvalue weighted by atomic mass is 35.5. The minimum Gasteiger partial charge on any atom is -0.298 e. The molecule has 18 heavy (non-hydrogen) atoms. The number of halogens is 1. The van der Waals surface area contributed by atoms with Crippen LogP contribution >= 0.6 is 34.7 Å². The first-order valence-electron chi connectivity index (χ1n) is 5.98. The zero-order chi connectivity index (χ0) is 12.5. The molecule has 0 bridgehead atoms. The summed E-state index contributed by atoms with van der Waals surface area (Å²) in [5, 5.41) is 0.813. The quantitative estimate of drug-likeness (QED) is 0.814. The van der Waals surface area contributed by atoms with Gasteiger partial charge in [0.05, 0.1) is 15.5 Å². The second-order valence-corrected chi connectivity index (χ2v) is 7.33. The lowest BCUT2D eigenvalue weighted by Crippen LogP contribution is -2.20. The van der Waals surface area contributed by atoms with Crippen LogP contribution in [0.5, 0.6) is 0 Å². The molecule has 2 aromatic rings. The van der Waals surface area contributed by atoms with E-state index in [1.807, 2.05) is 18.2 Å². The maximum atomic E-state index is 11.8. The van der Waals surface area contributed by atoms with Gasteiger partial charge in [-0.3, -0.25) is 4.79 Å². The van der Waals surface area contributed by atoms with E-state index in [9.17, 15) is 4.79 Å². The van der Waals surface area contributed by atoms with Gasteiger partial charge in [0.15, 0.2) is 4.34 Å². The summed E-state index contributed by atoms with van der Waals surface area (Å²) in [5.74, 6) is 0.378. The summed E-state index contributed by atoms with van der Waals surface area (Å²) in [6.07, 6.45) is 3.92. The summed E-state index contributed by atoms with van der Waals surface area (Å²) in [6, 6.07) is 5.74. The summed E-state index contributed by atoms with van der Waals surface area (Å²) in [5.41, 5.74) is 0.929. The average molecular weight is 298 g/mol. The van der Waals surface area contributed by atoms with E-state index in [2.05, 4.69) is 4.98 Å². The number of Topliss-reactive ketones (excluding diaryl/α,β-unsaturated/α-hetero) is 1. The molecule has 1 saturated carbocycles. The van der Waals surface area contributed by atoms with Crippen molar-refractivity contribution < 1.29 is 4.79 Å².